The van der Waals surface area contributed by atoms with E-state index < -0.39 is 11.9 Å². The number of carboxylic acids is 1. The summed E-state index contributed by atoms with van der Waals surface area (Å²) < 4.78 is 4.78. The van der Waals surface area contributed by atoms with Gasteiger partial charge < -0.3 is 14.9 Å². The van der Waals surface area contributed by atoms with Gasteiger partial charge in [0.25, 0.3) is 5.91 Å². The highest BCUT2D eigenvalue weighted by atomic mass is 16.5. The molecule has 0 aliphatic carbocycles. The van der Waals surface area contributed by atoms with Crippen LogP contribution in [0.4, 0.5) is 5.69 Å². The van der Waals surface area contributed by atoms with E-state index in [-0.39, 0.29) is 11.3 Å². The van der Waals surface area contributed by atoms with Crippen LogP contribution in [0.1, 0.15) is 26.6 Å². The Morgan fingerprint density at radius 2 is 2.11 bits per heavy atom. The predicted molar refractivity (Wildman–Crippen MR) is 62.6 cm³/mol. The van der Waals surface area contributed by atoms with Crippen LogP contribution < -0.4 is 5.32 Å². The van der Waals surface area contributed by atoms with E-state index in [0.717, 1.165) is 0 Å². The van der Waals surface area contributed by atoms with Gasteiger partial charge in [0.1, 0.15) is 5.76 Å². The third-order valence-corrected chi connectivity index (χ3v) is 2.23. The van der Waals surface area contributed by atoms with Crippen LogP contribution in [0.15, 0.2) is 34.9 Å². The van der Waals surface area contributed by atoms with Gasteiger partial charge in [0.05, 0.1) is 5.56 Å². The second-order valence-corrected chi connectivity index (χ2v) is 3.66. The fourth-order valence-electron chi connectivity index (χ4n) is 1.40. The molecule has 1 aromatic carbocycles. The Bertz CT molecular complexity index is 604. The van der Waals surface area contributed by atoms with Gasteiger partial charge in [0, 0.05) is 11.8 Å². The van der Waals surface area contributed by atoms with Gasteiger partial charge in [-0.15, -0.1) is 0 Å². The summed E-state index contributed by atoms with van der Waals surface area (Å²) >= 11 is 0. The van der Waals surface area contributed by atoms with Gasteiger partial charge in [-0.3, -0.25) is 4.79 Å². The van der Waals surface area contributed by atoms with Crippen LogP contribution in [-0.4, -0.2) is 22.1 Å². The third kappa shape index (κ3) is 2.54. The Kier molecular flexibility index (Phi) is 3.09. The molecule has 1 heterocycles. The van der Waals surface area contributed by atoms with Crippen molar-refractivity contribution in [3.63, 3.8) is 0 Å². The first-order valence-electron chi connectivity index (χ1n) is 5.14. The molecule has 0 aliphatic rings. The maximum atomic E-state index is 11.7. The van der Waals surface area contributed by atoms with Crippen molar-refractivity contribution >= 4 is 17.6 Å². The maximum absolute atomic E-state index is 11.7. The number of aromatic carboxylic acids is 1. The van der Waals surface area contributed by atoms with E-state index >= 15 is 0 Å². The van der Waals surface area contributed by atoms with Crippen molar-refractivity contribution in [3.05, 3.63) is 47.3 Å². The van der Waals surface area contributed by atoms with Crippen LogP contribution in [0.5, 0.6) is 0 Å². The molecule has 1 amide bonds. The smallest absolute Gasteiger partial charge is 0.335 e. The van der Waals surface area contributed by atoms with E-state index in [2.05, 4.69) is 10.5 Å². The highest BCUT2D eigenvalue weighted by Crippen LogP contribution is 2.12. The SMILES string of the molecule is Cc1cc(C(=O)Nc2cccc(C(=O)O)c2)no1. The lowest BCUT2D eigenvalue weighted by Crippen LogP contribution is -2.12. The molecule has 2 rings (SSSR count). The van der Waals surface area contributed by atoms with Crippen molar-refractivity contribution in [2.75, 3.05) is 5.32 Å². The lowest BCUT2D eigenvalue weighted by atomic mass is 10.2. The van der Waals surface area contributed by atoms with Crippen molar-refractivity contribution < 1.29 is 19.2 Å². The van der Waals surface area contributed by atoms with Crippen LogP contribution >= 0.6 is 0 Å². The van der Waals surface area contributed by atoms with Gasteiger partial charge in [-0.05, 0) is 25.1 Å². The van der Waals surface area contributed by atoms with E-state index in [1.165, 1.54) is 18.2 Å². The molecule has 1 aromatic heterocycles. The van der Waals surface area contributed by atoms with Gasteiger partial charge in [0.2, 0.25) is 0 Å². The van der Waals surface area contributed by atoms with Gasteiger partial charge in [0.15, 0.2) is 5.69 Å². The zero-order chi connectivity index (χ0) is 13.1. The first-order chi connectivity index (χ1) is 8.56. The van der Waals surface area contributed by atoms with Gasteiger partial charge in [-0.25, -0.2) is 4.79 Å². The Morgan fingerprint density at radius 3 is 2.72 bits per heavy atom. The van der Waals surface area contributed by atoms with Crippen molar-refractivity contribution in [2.24, 2.45) is 0 Å². The van der Waals surface area contributed by atoms with Crippen molar-refractivity contribution in [1.29, 1.82) is 0 Å². The minimum absolute atomic E-state index is 0.101. The average molecular weight is 246 g/mol. The fourth-order valence-corrected chi connectivity index (χ4v) is 1.40. The van der Waals surface area contributed by atoms with Crippen molar-refractivity contribution in [1.82, 2.24) is 5.16 Å². The second-order valence-electron chi connectivity index (χ2n) is 3.66. The Labute approximate surface area is 102 Å². The van der Waals surface area contributed by atoms with Gasteiger partial charge in [-0.1, -0.05) is 11.2 Å². The molecule has 6 nitrogen and oxygen atoms in total. The summed E-state index contributed by atoms with van der Waals surface area (Å²) in [4.78, 5) is 22.5. The standard InChI is InChI=1S/C12H10N2O4/c1-7-5-10(14-18-7)11(15)13-9-4-2-3-8(6-9)12(16)17/h2-6H,1H3,(H,13,15)(H,16,17). The topological polar surface area (TPSA) is 92.4 Å². The zero-order valence-corrected chi connectivity index (χ0v) is 9.51. The highest BCUT2D eigenvalue weighted by molar-refractivity contribution is 6.03. The predicted octanol–water partition coefficient (Wildman–Crippen LogP) is 1.93. The van der Waals surface area contributed by atoms with E-state index in [4.69, 9.17) is 9.63 Å². The number of carbonyl (C=O) groups is 2. The molecular formula is C12H10N2O4. The molecule has 2 aromatic rings. The largest absolute Gasteiger partial charge is 0.478 e. The van der Waals surface area contributed by atoms with Crippen LogP contribution in [0.3, 0.4) is 0 Å². The molecule has 6 heteroatoms. The minimum atomic E-state index is -1.05. The third-order valence-electron chi connectivity index (χ3n) is 2.23. The van der Waals surface area contributed by atoms with Crippen molar-refractivity contribution in [2.45, 2.75) is 6.92 Å². The molecule has 0 unspecified atom stereocenters. The summed E-state index contributed by atoms with van der Waals surface area (Å²) in [5.74, 6) is -0.975. The molecule has 0 bridgehead atoms. The Morgan fingerprint density at radius 1 is 1.33 bits per heavy atom. The fraction of sp³-hybridized carbons (Fsp3) is 0.0833. The van der Waals surface area contributed by atoms with E-state index in [1.54, 1.807) is 19.1 Å². The Balaban J connectivity index is 2.16. The summed E-state index contributed by atoms with van der Waals surface area (Å²) in [6, 6.07) is 7.45. The molecule has 0 fully saturated rings. The number of aromatic nitrogens is 1. The lowest BCUT2D eigenvalue weighted by molar-refractivity contribution is 0.0696. The quantitative estimate of drug-likeness (QED) is 0.863. The van der Waals surface area contributed by atoms with Gasteiger partial charge >= 0.3 is 5.97 Å². The van der Waals surface area contributed by atoms with E-state index in [0.29, 0.717) is 11.4 Å². The summed E-state index contributed by atoms with van der Waals surface area (Å²) in [6.45, 7) is 1.68. The molecule has 2 N–H and O–H groups in total. The van der Waals surface area contributed by atoms with Crippen LogP contribution in [-0.2, 0) is 0 Å². The second kappa shape index (κ2) is 4.70. The monoisotopic (exact) mass is 246 g/mol. The number of anilines is 1. The number of nitrogens with zero attached hydrogens (tertiary/aromatic N) is 1. The number of carboxylic acid groups (broad SMARTS) is 1. The number of aryl methyl sites for hydroxylation is 1. The number of nitrogens with one attached hydrogen (secondary N) is 1. The first kappa shape index (κ1) is 11.8. The molecule has 0 aliphatic heterocycles. The summed E-state index contributed by atoms with van der Waals surface area (Å²) in [5.41, 5.74) is 0.637. The molecular weight excluding hydrogens is 236 g/mol. The molecule has 0 spiro atoms. The lowest BCUT2D eigenvalue weighted by Gasteiger charge is -2.03. The zero-order valence-electron chi connectivity index (χ0n) is 9.51. The summed E-state index contributed by atoms with van der Waals surface area (Å²) in [5, 5.41) is 14.9. The molecule has 0 radical (unpaired) electrons. The van der Waals surface area contributed by atoms with Crippen molar-refractivity contribution in [3.8, 4) is 0 Å². The summed E-state index contributed by atoms with van der Waals surface area (Å²) in [7, 11) is 0. The summed E-state index contributed by atoms with van der Waals surface area (Å²) in [6.07, 6.45) is 0. The van der Waals surface area contributed by atoms with Crippen LogP contribution in [0.2, 0.25) is 0 Å². The number of hydrogen-bond donors (Lipinski definition) is 2. The van der Waals surface area contributed by atoms with E-state index in [9.17, 15) is 9.59 Å². The molecule has 0 atom stereocenters. The number of benzene rings is 1. The average Bonchev–Trinajstić information content (AvgIpc) is 2.76. The molecule has 0 saturated heterocycles. The van der Waals surface area contributed by atoms with Crippen LogP contribution in [0.25, 0.3) is 0 Å². The number of hydrogen-bond acceptors (Lipinski definition) is 4. The first-order valence-corrected chi connectivity index (χ1v) is 5.14. The number of carbonyl (C=O) groups excluding carboxylic acids is 1. The molecule has 0 saturated carbocycles. The van der Waals surface area contributed by atoms with E-state index in [1.807, 2.05) is 0 Å². The molecule has 92 valence electrons. The Hall–Kier alpha value is -2.63. The van der Waals surface area contributed by atoms with Gasteiger partial charge in [-0.2, -0.15) is 0 Å². The molecule has 18 heavy (non-hydrogen) atoms. The number of rotatable bonds is 3. The highest BCUT2D eigenvalue weighted by Gasteiger charge is 2.12. The normalized spacial score (nSPS) is 10.1. The maximum Gasteiger partial charge on any atom is 0.335 e. The van der Waals surface area contributed by atoms with Crippen LogP contribution in [0, 0.1) is 6.92 Å². The number of amides is 1. The minimum Gasteiger partial charge on any atom is -0.478 e.